The van der Waals surface area contributed by atoms with Crippen LogP contribution in [-0.2, 0) is 23.3 Å². The van der Waals surface area contributed by atoms with Crippen LogP contribution in [-0.4, -0.2) is 40.1 Å². The molecule has 3 N–H and O–H groups in total. The Labute approximate surface area is 164 Å². The molecule has 0 aliphatic carbocycles. The molecule has 1 atom stereocenters. The highest BCUT2D eigenvalue weighted by Crippen LogP contribution is 2.41. The predicted molar refractivity (Wildman–Crippen MR) is 109 cm³/mol. The van der Waals surface area contributed by atoms with Crippen molar-refractivity contribution < 1.29 is 9.90 Å². The topological polar surface area (TPSA) is 68.4 Å². The number of piperidine rings is 1. The minimum atomic E-state index is -0.762. The third-order valence-electron chi connectivity index (χ3n) is 6.41. The Morgan fingerprint density at radius 2 is 1.79 bits per heavy atom. The summed E-state index contributed by atoms with van der Waals surface area (Å²) in [4.78, 5) is 18.0. The van der Waals surface area contributed by atoms with E-state index in [1.165, 1.54) is 16.8 Å². The number of nitrogens with zero attached hydrogens (tertiary/aromatic N) is 1. The van der Waals surface area contributed by atoms with Crippen LogP contribution in [0.2, 0.25) is 0 Å². The highest BCUT2D eigenvalue weighted by atomic mass is 16.4. The van der Waals surface area contributed by atoms with Crippen LogP contribution in [0.4, 0.5) is 0 Å². The molecule has 1 aromatic heterocycles. The van der Waals surface area contributed by atoms with Crippen LogP contribution < -0.4 is 5.32 Å². The maximum absolute atomic E-state index is 11.9. The van der Waals surface area contributed by atoms with E-state index in [4.69, 9.17) is 0 Å². The fourth-order valence-electron chi connectivity index (χ4n) is 4.96. The molecule has 0 bridgehead atoms. The molecule has 0 unspecified atom stereocenters. The summed E-state index contributed by atoms with van der Waals surface area (Å²) in [6.45, 7) is 2.84. The number of H-pyrrole nitrogens is 1. The van der Waals surface area contributed by atoms with E-state index in [0.717, 1.165) is 43.4 Å². The number of aliphatic carboxylic acids is 1. The first-order valence-corrected chi connectivity index (χ1v) is 10.0. The Kier molecular flexibility index (Phi) is 4.22. The summed E-state index contributed by atoms with van der Waals surface area (Å²) >= 11 is 0. The van der Waals surface area contributed by atoms with Gasteiger partial charge in [0.05, 0.1) is 5.54 Å². The summed E-state index contributed by atoms with van der Waals surface area (Å²) < 4.78 is 0. The minimum absolute atomic E-state index is 0.289. The van der Waals surface area contributed by atoms with Gasteiger partial charge in [-0.05, 0) is 30.0 Å². The van der Waals surface area contributed by atoms with E-state index in [1.54, 1.807) is 0 Å². The van der Waals surface area contributed by atoms with Crippen molar-refractivity contribution in [2.45, 2.75) is 37.4 Å². The molecule has 28 heavy (non-hydrogen) atoms. The van der Waals surface area contributed by atoms with Crippen molar-refractivity contribution in [3.05, 3.63) is 71.4 Å². The molecule has 1 spiro atoms. The zero-order chi connectivity index (χ0) is 19.1. The fourth-order valence-corrected chi connectivity index (χ4v) is 4.96. The van der Waals surface area contributed by atoms with Crippen LogP contribution in [0.1, 0.15) is 29.7 Å². The second-order valence-electron chi connectivity index (χ2n) is 8.11. The third-order valence-corrected chi connectivity index (χ3v) is 6.41. The van der Waals surface area contributed by atoms with E-state index < -0.39 is 12.0 Å². The van der Waals surface area contributed by atoms with Gasteiger partial charge < -0.3 is 10.1 Å². The molecule has 2 aliphatic heterocycles. The van der Waals surface area contributed by atoms with Crippen LogP contribution in [0.5, 0.6) is 0 Å². The molecule has 5 nitrogen and oxygen atoms in total. The number of para-hydroxylation sites is 1. The van der Waals surface area contributed by atoms with E-state index in [0.29, 0.717) is 6.42 Å². The number of aromatic nitrogens is 1. The smallest absolute Gasteiger partial charge is 0.321 e. The van der Waals surface area contributed by atoms with Crippen molar-refractivity contribution >= 4 is 16.9 Å². The summed E-state index contributed by atoms with van der Waals surface area (Å²) in [5.41, 5.74) is 4.52. The van der Waals surface area contributed by atoms with Gasteiger partial charge in [-0.2, -0.15) is 0 Å². The Morgan fingerprint density at radius 1 is 1.07 bits per heavy atom. The molecule has 5 heteroatoms. The van der Waals surface area contributed by atoms with Crippen molar-refractivity contribution in [2.75, 3.05) is 13.1 Å². The largest absolute Gasteiger partial charge is 0.480 e. The van der Waals surface area contributed by atoms with Crippen molar-refractivity contribution in [1.82, 2.24) is 15.2 Å². The van der Waals surface area contributed by atoms with Gasteiger partial charge in [0, 0.05) is 42.7 Å². The Balaban J connectivity index is 1.45. The average Bonchev–Trinajstić information content (AvgIpc) is 3.10. The van der Waals surface area contributed by atoms with Crippen molar-refractivity contribution in [1.29, 1.82) is 0 Å². The Bertz CT molecular complexity index is 1000. The van der Waals surface area contributed by atoms with E-state index in [-0.39, 0.29) is 5.54 Å². The Hall–Kier alpha value is -2.63. The van der Waals surface area contributed by atoms with E-state index >= 15 is 0 Å². The quantitative estimate of drug-likeness (QED) is 0.657. The molecule has 3 heterocycles. The number of carboxylic acid groups (broad SMARTS) is 1. The molecule has 144 valence electrons. The summed E-state index contributed by atoms with van der Waals surface area (Å²) in [5, 5.41) is 14.4. The number of rotatable bonds is 3. The van der Waals surface area contributed by atoms with Gasteiger partial charge >= 0.3 is 5.97 Å². The van der Waals surface area contributed by atoms with Gasteiger partial charge in [-0.25, -0.2) is 0 Å². The molecular weight excluding hydrogens is 350 g/mol. The highest BCUT2D eigenvalue weighted by Gasteiger charge is 2.45. The van der Waals surface area contributed by atoms with Crippen molar-refractivity contribution in [3.8, 4) is 0 Å². The van der Waals surface area contributed by atoms with Gasteiger partial charge in [0.2, 0.25) is 0 Å². The molecular formula is C23H25N3O2. The first-order chi connectivity index (χ1) is 13.6. The van der Waals surface area contributed by atoms with E-state index in [1.807, 2.05) is 18.2 Å². The van der Waals surface area contributed by atoms with Gasteiger partial charge in [-0.1, -0.05) is 48.5 Å². The lowest BCUT2D eigenvalue weighted by Crippen LogP contribution is -2.59. The second kappa shape index (κ2) is 6.76. The van der Waals surface area contributed by atoms with Crippen LogP contribution in [0.15, 0.2) is 54.6 Å². The summed E-state index contributed by atoms with van der Waals surface area (Å²) in [5.74, 6) is -0.762. The SMILES string of the molecule is O=C(O)[C@@H]1Cc2c([nH]c3ccccc23)C2(CCN(Cc3ccccc3)CC2)N1. The fraction of sp³-hybridized carbons (Fsp3) is 0.348. The maximum atomic E-state index is 11.9. The van der Waals surface area contributed by atoms with E-state index in [9.17, 15) is 9.90 Å². The molecule has 5 rings (SSSR count). The standard InChI is InChI=1S/C23H25N3O2/c27-22(28)20-14-18-17-8-4-5-9-19(17)24-21(18)23(25-20)10-12-26(13-11-23)15-16-6-2-1-3-7-16/h1-9,20,24-25H,10-15H2,(H,27,28)/t20-/m0/s1. The number of hydrogen-bond donors (Lipinski definition) is 3. The first-order valence-electron chi connectivity index (χ1n) is 10.0. The second-order valence-corrected chi connectivity index (χ2v) is 8.11. The normalized spacial score (nSPS) is 21.6. The van der Waals surface area contributed by atoms with Crippen LogP contribution in [0.3, 0.4) is 0 Å². The number of carboxylic acids is 1. The van der Waals surface area contributed by atoms with Crippen molar-refractivity contribution in [2.24, 2.45) is 0 Å². The molecule has 1 fully saturated rings. The average molecular weight is 375 g/mol. The number of nitrogens with one attached hydrogen (secondary N) is 2. The zero-order valence-corrected chi connectivity index (χ0v) is 15.8. The lowest BCUT2D eigenvalue weighted by molar-refractivity contribution is -0.140. The molecule has 1 saturated heterocycles. The lowest BCUT2D eigenvalue weighted by Gasteiger charge is -2.46. The Morgan fingerprint density at radius 3 is 2.54 bits per heavy atom. The van der Waals surface area contributed by atoms with Gasteiger partial charge in [-0.3, -0.25) is 15.0 Å². The number of hydrogen-bond acceptors (Lipinski definition) is 3. The monoisotopic (exact) mass is 375 g/mol. The highest BCUT2D eigenvalue weighted by molar-refractivity contribution is 5.87. The van der Waals surface area contributed by atoms with Crippen molar-refractivity contribution in [3.63, 3.8) is 0 Å². The van der Waals surface area contributed by atoms with E-state index in [2.05, 4.69) is 51.6 Å². The number of benzene rings is 2. The molecule has 2 aliphatic rings. The molecule has 0 amide bonds. The van der Waals surface area contributed by atoms with Gasteiger partial charge in [-0.15, -0.1) is 0 Å². The minimum Gasteiger partial charge on any atom is -0.480 e. The molecule has 0 radical (unpaired) electrons. The van der Waals surface area contributed by atoms with Crippen LogP contribution in [0, 0.1) is 0 Å². The summed E-state index contributed by atoms with van der Waals surface area (Å²) in [6.07, 6.45) is 2.34. The molecule has 0 saturated carbocycles. The van der Waals surface area contributed by atoms with Gasteiger partial charge in [0.1, 0.15) is 6.04 Å². The van der Waals surface area contributed by atoms with Gasteiger partial charge in [0.15, 0.2) is 0 Å². The number of likely N-dealkylation sites (tertiary alicyclic amines) is 1. The molecule has 3 aromatic rings. The number of fused-ring (bicyclic) bond motifs is 4. The third kappa shape index (κ3) is 2.91. The summed E-state index contributed by atoms with van der Waals surface area (Å²) in [7, 11) is 0. The summed E-state index contributed by atoms with van der Waals surface area (Å²) in [6, 6.07) is 18.3. The van der Waals surface area contributed by atoms with Crippen LogP contribution in [0.25, 0.3) is 10.9 Å². The van der Waals surface area contributed by atoms with Crippen LogP contribution >= 0.6 is 0 Å². The lowest BCUT2D eigenvalue weighted by atomic mass is 9.77. The maximum Gasteiger partial charge on any atom is 0.321 e. The molecule has 2 aromatic carbocycles. The zero-order valence-electron chi connectivity index (χ0n) is 15.8. The van der Waals surface area contributed by atoms with Gasteiger partial charge in [0.25, 0.3) is 0 Å². The first kappa shape index (κ1) is 17.5. The predicted octanol–water partition coefficient (Wildman–Crippen LogP) is 3.26. The number of aromatic amines is 1. The number of carbonyl (C=O) groups is 1.